The van der Waals surface area contributed by atoms with Crippen LogP contribution in [0.1, 0.15) is 45.4 Å². The number of aromatic amines is 1. The fraction of sp³-hybridized carbons (Fsp3) is 0.769. The fourth-order valence-corrected chi connectivity index (χ4v) is 2.58. The van der Waals surface area contributed by atoms with Crippen molar-refractivity contribution >= 4 is 11.8 Å². The average Bonchev–Trinajstić information content (AvgIpc) is 2.74. The molecule has 0 aliphatic rings. The van der Waals surface area contributed by atoms with Gasteiger partial charge >= 0.3 is 0 Å². The summed E-state index contributed by atoms with van der Waals surface area (Å²) in [5.41, 5.74) is 0. The monoisotopic (exact) mass is 241 g/mol. The molecule has 0 radical (unpaired) electrons. The first-order valence-corrected chi connectivity index (χ1v) is 7.67. The summed E-state index contributed by atoms with van der Waals surface area (Å²) in [7, 11) is 0. The smallest absolute Gasteiger partial charge is 0.248 e. The summed E-state index contributed by atoms with van der Waals surface area (Å²) in [5, 5.41) is 0. The molecule has 1 rings (SSSR count). The van der Waals surface area contributed by atoms with Crippen molar-refractivity contribution in [2.75, 3.05) is 11.5 Å². The number of imidazole rings is 1. The Balaban J connectivity index is 2.22. The zero-order chi connectivity index (χ0) is 11.6. The second-order valence-electron chi connectivity index (χ2n) is 4.17. The number of nitrogens with one attached hydrogen (secondary N) is 1. The van der Waals surface area contributed by atoms with Gasteiger partial charge in [-0.05, 0) is 30.8 Å². The van der Waals surface area contributed by atoms with Gasteiger partial charge in [-0.15, -0.1) is 0 Å². The molecule has 16 heavy (non-hydrogen) atoms. The molecular formula is C13H25N2S+. The van der Waals surface area contributed by atoms with Gasteiger partial charge in [0, 0.05) is 6.42 Å². The Hall–Kier alpha value is -0.440. The van der Waals surface area contributed by atoms with E-state index in [1.54, 1.807) is 0 Å². The van der Waals surface area contributed by atoms with Crippen LogP contribution in [0.15, 0.2) is 12.4 Å². The molecular weight excluding hydrogens is 216 g/mol. The van der Waals surface area contributed by atoms with Crippen molar-refractivity contribution in [2.45, 2.75) is 52.5 Å². The molecule has 0 atom stereocenters. The molecule has 1 N–H and O–H groups in total. The molecule has 2 nitrogen and oxygen atoms in total. The maximum atomic E-state index is 3.36. The number of unbranched alkanes of at least 4 members (excludes halogenated alkanes) is 1. The van der Waals surface area contributed by atoms with Crippen molar-refractivity contribution in [1.82, 2.24) is 4.98 Å². The first-order chi connectivity index (χ1) is 7.88. The van der Waals surface area contributed by atoms with E-state index >= 15 is 0 Å². The molecule has 0 aliphatic carbocycles. The molecule has 1 heterocycles. The maximum Gasteiger partial charge on any atom is 0.254 e. The van der Waals surface area contributed by atoms with Gasteiger partial charge < -0.3 is 0 Å². The fourth-order valence-electron chi connectivity index (χ4n) is 1.74. The molecule has 0 unspecified atom stereocenters. The first-order valence-electron chi connectivity index (χ1n) is 6.52. The van der Waals surface area contributed by atoms with E-state index in [2.05, 4.69) is 47.6 Å². The van der Waals surface area contributed by atoms with Crippen molar-refractivity contribution in [2.24, 2.45) is 0 Å². The third kappa shape index (κ3) is 5.06. The molecule has 0 aromatic carbocycles. The highest BCUT2D eigenvalue weighted by Crippen LogP contribution is 2.06. The van der Waals surface area contributed by atoms with Gasteiger partial charge in [-0.1, -0.05) is 20.3 Å². The molecule has 0 saturated heterocycles. The van der Waals surface area contributed by atoms with Gasteiger partial charge in [0.25, 0.3) is 5.82 Å². The lowest BCUT2D eigenvalue weighted by molar-refractivity contribution is -0.703. The minimum Gasteiger partial charge on any atom is -0.248 e. The number of nitrogens with zero attached hydrogens (tertiary/aromatic N) is 1. The molecule has 0 amide bonds. The van der Waals surface area contributed by atoms with Gasteiger partial charge in [-0.2, -0.15) is 11.8 Å². The third-order valence-electron chi connectivity index (χ3n) is 2.65. The molecule has 0 spiro atoms. The standard InChI is InChI=1S/C13H24N2S/c1-3-5-9-15-10-8-14-13(15)7-6-12-16-11-4-2/h8,10H,3-7,9,11-12H2,1-2H3/p+1. The SMILES string of the molecule is CCCC[n+]1cc[nH]c1CCCSCCC. The Bertz CT molecular complexity index is 271. The normalized spacial score (nSPS) is 10.9. The topological polar surface area (TPSA) is 19.7 Å². The predicted molar refractivity (Wildman–Crippen MR) is 71.8 cm³/mol. The van der Waals surface area contributed by atoms with E-state index in [9.17, 15) is 0 Å². The van der Waals surface area contributed by atoms with Crippen LogP contribution in [-0.2, 0) is 13.0 Å². The summed E-state index contributed by atoms with van der Waals surface area (Å²) in [6, 6.07) is 0. The highest BCUT2D eigenvalue weighted by molar-refractivity contribution is 7.99. The van der Waals surface area contributed by atoms with Gasteiger partial charge in [0.05, 0.1) is 6.54 Å². The van der Waals surface area contributed by atoms with E-state index in [1.165, 1.54) is 49.4 Å². The van der Waals surface area contributed by atoms with Crippen molar-refractivity contribution < 1.29 is 4.57 Å². The Labute approximate surface area is 104 Å². The number of H-pyrrole nitrogens is 1. The maximum absolute atomic E-state index is 3.36. The second-order valence-corrected chi connectivity index (χ2v) is 5.39. The third-order valence-corrected chi connectivity index (χ3v) is 3.93. The molecule has 0 aliphatic heterocycles. The zero-order valence-corrected chi connectivity index (χ0v) is 11.5. The molecule has 1 aromatic heterocycles. The van der Waals surface area contributed by atoms with E-state index in [0.717, 1.165) is 6.54 Å². The van der Waals surface area contributed by atoms with Crippen molar-refractivity contribution in [3.63, 3.8) is 0 Å². The predicted octanol–water partition coefficient (Wildman–Crippen LogP) is 3.18. The van der Waals surface area contributed by atoms with E-state index in [4.69, 9.17) is 0 Å². The van der Waals surface area contributed by atoms with E-state index < -0.39 is 0 Å². The number of thioether (sulfide) groups is 1. The molecule has 92 valence electrons. The summed E-state index contributed by atoms with van der Waals surface area (Å²) in [5.74, 6) is 3.99. The summed E-state index contributed by atoms with van der Waals surface area (Å²) in [6.45, 7) is 5.66. The Kier molecular flexibility index (Phi) is 7.39. The van der Waals surface area contributed by atoms with E-state index in [1.807, 2.05) is 0 Å². The van der Waals surface area contributed by atoms with Gasteiger partial charge in [0.2, 0.25) is 0 Å². The minimum atomic E-state index is 1.16. The Morgan fingerprint density at radius 3 is 2.81 bits per heavy atom. The number of hydrogen-bond donors (Lipinski definition) is 1. The van der Waals surface area contributed by atoms with Crippen LogP contribution in [0.25, 0.3) is 0 Å². The van der Waals surface area contributed by atoms with Crippen LogP contribution >= 0.6 is 11.8 Å². The molecule has 0 fully saturated rings. The lowest BCUT2D eigenvalue weighted by Gasteiger charge is -2.00. The summed E-state index contributed by atoms with van der Waals surface area (Å²) in [4.78, 5) is 3.36. The van der Waals surface area contributed by atoms with Crippen LogP contribution in [0, 0.1) is 0 Å². The van der Waals surface area contributed by atoms with Crippen molar-refractivity contribution in [3.05, 3.63) is 18.2 Å². The number of rotatable bonds is 9. The number of hydrogen-bond acceptors (Lipinski definition) is 1. The van der Waals surface area contributed by atoms with Gasteiger partial charge in [0.1, 0.15) is 12.4 Å². The van der Waals surface area contributed by atoms with E-state index in [-0.39, 0.29) is 0 Å². The van der Waals surface area contributed by atoms with Crippen LogP contribution in [0.5, 0.6) is 0 Å². The summed E-state index contributed by atoms with van der Waals surface area (Å²) < 4.78 is 2.37. The van der Waals surface area contributed by atoms with Crippen LogP contribution < -0.4 is 4.57 Å². The highest BCUT2D eigenvalue weighted by atomic mass is 32.2. The second kappa shape index (κ2) is 8.68. The molecule has 1 aromatic rings. The molecule has 0 bridgehead atoms. The van der Waals surface area contributed by atoms with Crippen molar-refractivity contribution in [1.29, 1.82) is 0 Å². The van der Waals surface area contributed by atoms with Crippen molar-refractivity contribution in [3.8, 4) is 0 Å². The van der Waals surface area contributed by atoms with Crippen LogP contribution in [0.4, 0.5) is 0 Å². The minimum absolute atomic E-state index is 1.16. The summed E-state index contributed by atoms with van der Waals surface area (Å²) >= 11 is 2.08. The Morgan fingerprint density at radius 2 is 2.06 bits per heavy atom. The highest BCUT2D eigenvalue weighted by Gasteiger charge is 2.08. The first kappa shape index (κ1) is 13.6. The quantitative estimate of drug-likeness (QED) is 0.520. The number of aryl methyl sites for hydroxylation is 2. The van der Waals surface area contributed by atoms with Crippen LogP contribution in [-0.4, -0.2) is 16.5 Å². The summed E-state index contributed by atoms with van der Waals surface area (Å²) in [6.07, 6.45) is 10.5. The number of aromatic nitrogens is 2. The molecule has 0 saturated carbocycles. The van der Waals surface area contributed by atoms with Crippen LogP contribution in [0.2, 0.25) is 0 Å². The van der Waals surface area contributed by atoms with Gasteiger partial charge in [-0.25, -0.2) is 9.55 Å². The zero-order valence-electron chi connectivity index (χ0n) is 10.7. The largest absolute Gasteiger partial charge is 0.254 e. The van der Waals surface area contributed by atoms with Gasteiger partial charge in [0.15, 0.2) is 0 Å². The lowest BCUT2D eigenvalue weighted by atomic mass is 10.3. The van der Waals surface area contributed by atoms with Gasteiger partial charge in [-0.3, -0.25) is 0 Å². The Morgan fingerprint density at radius 1 is 1.19 bits per heavy atom. The lowest BCUT2D eigenvalue weighted by Crippen LogP contribution is -2.36. The molecule has 3 heteroatoms. The van der Waals surface area contributed by atoms with Crippen LogP contribution in [0.3, 0.4) is 0 Å². The average molecular weight is 241 g/mol. The van der Waals surface area contributed by atoms with E-state index in [0.29, 0.717) is 0 Å².